The summed E-state index contributed by atoms with van der Waals surface area (Å²) in [6.07, 6.45) is -0.999. The minimum atomic E-state index is -1.15. The smallest absolute Gasteiger partial charge is 0.303 e. The molecule has 0 aromatic heterocycles. The predicted octanol–water partition coefficient (Wildman–Crippen LogP) is 2.08. The van der Waals surface area contributed by atoms with Crippen LogP contribution >= 0.6 is 0 Å². The molecule has 3 amide bonds. The van der Waals surface area contributed by atoms with Gasteiger partial charge in [-0.3, -0.25) is 19.2 Å². The molecule has 0 spiro atoms. The van der Waals surface area contributed by atoms with Crippen molar-refractivity contribution in [3.63, 3.8) is 0 Å². The minimum absolute atomic E-state index is 0.0317. The van der Waals surface area contributed by atoms with Crippen LogP contribution in [0.1, 0.15) is 24.8 Å². The normalized spacial score (nSPS) is 17.0. The lowest BCUT2D eigenvalue weighted by Crippen LogP contribution is -2.45. The summed E-state index contributed by atoms with van der Waals surface area (Å²) >= 11 is 0. The second kappa shape index (κ2) is 8.66. The standard InChI is InChI=1S/C22H19FN2O7/c23-14-2-4-15(5-3-14)25-20(27)10-16(22(25)30)24(19(26)7-8-21(28)29)11-13-1-6-17-18(9-13)32-12-31-17/h1-6,9,16H,7-8,10-12H2,(H,28,29)/t16-/m1/s1. The molecule has 0 aliphatic carbocycles. The molecule has 1 saturated heterocycles. The van der Waals surface area contributed by atoms with Gasteiger partial charge in [-0.25, -0.2) is 9.29 Å². The first-order valence-corrected chi connectivity index (χ1v) is 9.85. The van der Waals surface area contributed by atoms with Crippen LogP contribution in [0, 0.1) is 5.82 Å². The maximum Gasteiger partial charge on any atom is 0.303 e. The highest BCUT2D eigenvalue weighted by molar-refractivity contribution is 6.23. The van der Waals surface area contributed by atoms with E-state index in [4.69, 9.17) is 14.6 Å². The first-order chi connectivity index (χ1) is 15.3. The van der Waals surface area contributed by atoms with Gasteiger partial charge >= 0.3 is 5.97 Å². The van der Waals surface area contributed by atoms with Crippen LogP contribution in [0.3, 0.4) is 0 Å². The van der Waals surface area contributed by atoms with Gasteiger partial charge < -0.3 is 19.5 Å². The number of hydrogen-bond acceptors (Lipinski definition) is 6. The predicted molar refractivity (Wildman–Crippen MR) is 107 cm³/mol. The molecule has 2 aromatic rings. The molecule has 166 valence electrons. The molecule has 1 N–H and O–H groups in total. The third-order valence-electron chi connectivity index (χ3n) is 5.25. The van der Waals surface area contributed by atoms with E-state index in [9.17, 15) is 23.6 Å². The van der Waals surface area contributed by atoms with Crippen LogP contribution in [-0.4, -0.2) is 46.5 Å². The Morgan fingerprint density at radius 3 is 2.50 bits per heavy atom. The number of ether oxygens (including phenoxy) is 2. The summed E-state index contributed by atoms with van der Waals surface area (Å²) in [4.78, 5) is 51.7. The Bertz CT molecular complexity index is 1090. The lowest BCUT2D eigenvalue weighted by molar-refractivity contribution is -0.143. The van der Waals surface area contributed by atoms with Gasteiger partial charge in [0.25, 0.3) is 5.91 Å². The Hall–Kier alpha value is -3.95. The van der Waals surface area contributed by atoms with Crippen LogP contribution in [0.5, 0.6) is 11.5 Å². The van der Waals surface area contributed by atoms with E-state index in [2.05, 4.69) is 0 Å². The highest BCUT2D eigenvalue weighted by Crippen LogP contribution is 2.34. The Morgan fingerprint density at radius 2 is 1.78 bits per heavy atom. The van der Waals surface area contributed by atoms with Crippen LogP contribution in [0.2, 0.25) is 0 Å². The molecule has 1 fully saturated rings. The van der Waals surface area contributed by atoms with Crippen LogP contribution in [-0.2, 0) is 25.7 Å². The molecule has 1 atom stereocenters. The quantitative estimate of drug-likeness (QED) is 0.653. The summed E-state index contributed by atoms with van der Waals surface area (Å²) in [5, 5.41) is 8.95. The number of hydrogen-bond donors (Lipinski definition) is 1. The van der Waals surface area contributed by atoms with Gasteiger partial charge in [-0.05, 0) is 42.0 Å². The van der Waals surface area contributed by atoms with E-state index < -0.39 is 42.0 Å². The Labute approximate surface area is 181 Å². The molecule has 32 heavy (non-hydrogen) atoms. The van der Waals surface area contributed by atoms with Crippen LogP contribution < -0.4 is 14.4 Å². The third kappa shape index (κ3) is 4.25. The molecule has 4 rings (SSSR count). The fourth-order valence-corrected chi connectivity index (χ4v) is 3.69. The molecule has 10 heteroatoms. The molecule has 0 radical (unpaired) electrons. The average Bonchev–Trinajstić information content (AvgIpc) is 3.34. The molecule has 0 bridgehead atoms. The number of halogens is 1. The van der Waals surface area contributed by atoms with E-state index in [-0.39, 0.29) is 31.9 Å². The molecule has 2 heterocycles. The second-order valence-electron chi connectivity index (χ2n) is 7.37. The molecule has 2 aromatic carbocycles. The third-order valence-corrected chi connectivity index (χ3v) is 5.25. The topological polar surface area (TPSA) is 113 Å². The van der Waals surface area contributed by atoms with Crippen molar-refractivity contribution >= 4 is 29.4 Å². The summed E-state index contributed by atoms with van der Waals surface area (Å²) in [7, 11) is 0. The molecular weight excluding hydrogens is 423 g/mol. The first-order valence-electron chi connectivity index (χ1n) is 9.85. The number of amides is 3. The number of carboxylic acids is 1. The van der Waals surface area contributed by atoms with E-state index in [1.165, 1.54) is 17.0 Å². The summed E-state index contributed by atoms with van der Waals surface area (Å²) in [6.45, 7) is 0.0400. The lowest BCUT2D eigenvalue weighted by Gasteiger charge is -2.28. The van der Waals surface area contributed by atoms with Crippen molar-refractivity contribution < 1.29 is 38.1 Å². The van der Waals surface area contributed by atoms with Gasteiger partial charge in [-0.15, -0.1) is 0 Å². The maximum absolute atomic E-state index is 13.3. The number of imide groups is 1. The van der Waals surface area contributed by atoms with Crippen molar-refractivity contribution in [2.45, 2.75) is 31.8 Å². The summed E-state index contributed by atoms with van der Waals surface area (Å²) in [5.41, 5.74) is 0.823. The average molecular weight is 442 g/mol. The zero-order chi connectivity index (χ0) is 22.8. The number of carbonyl (C=O) groups is 4. The summed E-state index contributed by atoms with van der Waals surface area (Å²) in [6, 6.07) is 8.80. The molecule has 9 nitrogen and oxygen atoms in total. The van der Waals surface area contributed by atoms with E-state index in [0.29, 0.717) is 17.1 Å². The van der Waals surface area contributed by atoms with Crippen LogP contribution in [0.15, 0.2) is 42.5 Å². The van der Waals surface area contributed by atoms with Gasteiger partial charge in [-0.1, -0.05) is 6.07 Å². The van der Waals surface area contributed by atoms with E-state index >= 15 is 0 Å². The van der Waals surface area contributed by atoms with E-state index in [1.807, 2.05) is 0 Å². The molecular formula is C22H19FN2O7. The van der Waals surface area contributed by atoms with Crippen molar-refractivity contribution in [2.24, 2.45) is 0 Å². The van der Waals surface area contributed by atoms with Gasteiger partial charge in [0, 0.05) is 13.0 Å². The Balaban J connectivity index is 1.61. The zero-order valence-corrected chi connectivity index (χ0v) is 16.8. The monoisotopic (exact) mass is 442 g/mol. The largest absolute Gasteiger partial charge is 0.481 e. The Kier molecular flexibility index (Phi) is 5.76. The highest BCUT2D eigenvalue weighted by atomic mass is 19.1. The highest BCUT2D eigenvalue weighted by Gasteiger charge is 2.44. The van der Waals surface area contributed by atoms with Gasteiger partial charge in [0.1, 0.15) is 11.9 Å². The van der Waals surface area contributed by atoms with Crippen molar-refractivity contribution in [1.82, 2.24) is 4.90 Å². The van der Waals surface area contributed by atoms with Gasteiger partial charge in [0.15, 0.2) is 11.5 Å². The number of fused-ring (bicyclic) bond motifs is 1. The first kappa shape index (κ1) is 21.3. The summed E-state index contributed by atoms with van der Waals surface area (Å²) in [5.74, 6) is -2.37. The van der Waals surface area contributed by atoms with Crippen molar-refractivity contribution in [3.05, 3.63) is 53.8 Å². The van der Waals surface area contributed by atoms with E-state index in [0.717, 1.165) is 17.0 Å². The van der Waals surface area contributed by atoms with Crippen molar-refractivity contribution in [1.29, 1.82) is 0 Å². The van der Waals surface area contributed by atoms with Crippen LogP contribution in [0.25, 0.3) is 0 Å². The number of aliphatic carboxylic acids is 1. The summed E-state index contributed by atoms with van der Waals surface area (Å²) < 4.78 is 23.9. The number of anilines is 1. The molecule has 2 aliphatic rings. The minimum Gasteiger partial charge on any atom is -0.481 e. The number of nitrogens with zero attached hydrogens (tertiary/aromatic N) is 2. The molecule has 0 unspecified atom stereocenters. The SMILES string of the molecule is O=C(O)CCC(=O)N(Cc1ccc2c(c1)OCO2)[C@@H]1CC(=O)N(c2ccc(F)cc2)C1=O. The lowest BCUT2D eigenvalue weighted by atomic mass is 10.1. The van der Waals surface area contributed by atoms with Crippen LogP contribution in [0.4, 0.5) is 10.1 Å². The van der Waals surface area contributed by atoms with Crippen molar-refractivity contribution in [2.75, 3.05) is 11.7 Å². The molecule has 0 saturated carbocycles. The fourth-order valence-electron chi connectivity index (χ4n) is 3.69. The molecule has 2 aliphatic heterocycles. The zero-order valence-electron chi connectivity index (χ0n) is 16.8. The number of rotatable bonds is 7. The van der Waals surface area contributed by atoms with Crippen molar-refractivity contribution in [3.8, 4) is 11.5 Å². The second-order valence-corrected chi connectivity index (χ2v) is 7.37. The van der Waals surface area contributed by atoms with Gasteiger partial charge in [0.2, 0.25) is 18.6 Å². The Morgan fingerprint density at radius 1 is 1.06 bits per heavy atom. The number of benzene rings is 2. The maximum atomic E-state index is 13.3. The van der Waals surface area contributed by atoms with Gasteiger partial charge in [0.05, 0.1) is 18.5 Å². The van der Waals surface area contributed by atoms with E-state index in [1.54, 1.807) is 18.2 Å². The number of carbonyl (C=O) groups excluding carboxylic acids is 3. The fraction of sp³-hybridized carbons (Fsp3) is 0.273. The van der Waals surface area contributed by atoms with Gasteiger partial charge in [-0.2, -0.15) is 0 Å². The number of carboxylic acid groups (broad SMARTS) is 1.